The minimum absolute atomic E-state index is 0.753. The minimum atomic E-state index is 0.753. The van der Waals surface area contributed by atoms with Crippen LogP contribution in [-0.2, 0) is 6.42 Å². The molecule has 0 amide bonds. The van der Waals surface area contributed by atoms with Crippen molar-refractivity contribution in [3.63, 3.8) is 0 Å². The lowest BCUT2D eigenvalue weighted by molar-refractivity contribution is 0.832. The number of benzene rings is 2. The minimum Gasteiger partial charge on any atom is -0.330 e. The topological polar surface area (TPSA) is 26.0 Å². The maximum atomic E-state index is 5.56. The van der Waals surface area contributed by atoms with E-state index in [0.29, 0.717) is 0 Å². The predicted octanol–water partition coefficient (Wildman–Crippen LogP) is 4.37. The van der Waals surface area contributed by atoms with E-state index in [0.717, 1.165) is 19.4 Å². The Morgan fingerprint density at radius 1 is 0.900 bits per heavy atom. The molecule has 1 heteroatoms. The standard InChI is InChI=1S/C19H23N/c1-15-11-16(2)13-19(12-15)9-8-18-6-3-5-17(14-18)7-4-10-20/h3,5-6,8-9,11-14H,4,7,10,20H2,1-2H3/b9-8+. The molecule has 2 rings (SSSR count). The van der Waals surface area contributed by atoms with E-state index in [4.69, 9.17) is 5.73 Å². The molecule has 0 aromatic heterocycles. The number of hydrogen-bond acceptors (Lipinski definition) is 1. The molecule has 1 nitrogen and oxygen atoms in total. The Kier molecular flexibility index (Phi) is 5.14. The number of nitrogens with two attached hydrogens (primary N) is 1. The highest BCUT2D eigenvalue weighted by molar-refractivity contribution is 5.70. The summed E-state index contributed by atoms with van der Waals surface area (Å²) in [5, 5.41) is 0. The first-order valence-corrected chi connectivity index (χ1v) is 7.23. The molecule has 0 unspecified atom stereocenters. The first-order chi connectivity index (χ1) is 9.67. The van der Waals surface area contributed by atoms with Gasteiger partial charge in [-0.15, -0.1) is 0 Å². The lowest BCUT2D eigenvalue weighted by Crippen LogP contribution is -2.00. The monoisotopic (exact) mass is 265 g/mol. The zero-order valence-electron chi connectivity index (χ0n) is 12.4. The zero-order valence-corrected chi connectivity index (χ0v) is 12.4. The van der Waals surface area contributed by atoms with Gasteiger partial charge in [-0.2, -0.15) is 0 Å². The summed E-state index contributed by atoms with van der Waals surface area (Å²) in [6, 6.07) is 15.3. The fraction of sp³-hybridized carbons (Fsp3) is 0.263. The maximum Gasteiger partial charge on any atom is -0.00741 e. The Bertz CT molecular complexity index is 576. The van der Waals surface area contributed by atoms with Gasteiger partial charge in [-0.3, -0.25) is 0 Å². The van der Waals surface area contributed by atoms with Gasteiger partial charge in [0.1, 0.15) is 0 Å². The van der Waals surface area contributed by atoms with Crippen LogP contribution in [0.5, 0.6) is 0 Å². The smallest absolute Gasteiger partial charge is 0.00741 e. The van der Waals surface area contributed by atoms with Crippen molar-refractivity contribution in [1.82, 2.24) is 0 Å². The van der Waals surface area contributed by atoms with Crippen LogP contribution in [0.3, 0.4) is 0 Å². The Morgan fingerprint density at radius 3 is 2.30 bits per heavy atom. The van der Waals surface area contributed by atoms with Crippen molar-refractivity contribution in [2.24, 2.45) is 5.73 Å². The molecule has 2 aromatic rings. The third-order valence-corrected chi connectivity index (χ3v) is 3.33. The first-order valence-electron chi connectivity index (χ1n) is 7.23. The van der Waals surface area contributed by atoms with Crippen molar-refractivity contribution < 1.29 is 0 Å². The summed E-state index contributed by atoms with van der Waals surface area (Å²) in [5.74, 6) is 0. The van der Waals surface area contributed by atoms with Crippen molar-refractivity contribution in [3.05, 3.63) is 70.3 Å². The Balaban J connectivity index is 2.14. The molecule has 0 bridgehead atoms. The van der Waals surface area contributed by atoms with Crippen LogP contribution in [-0.4, -0.2) is 6.54 Å². The molecule has 0 aliphatic carbocycles. The molecule has 0 aliphatic heterocycles. The van der Waals surface area contributed by atoms with E-state index >= 15 is 0 Å². The molecule has 0 radical (unpaired) electrons. The van der Waals surface area contributed by atoms with Gasteiger partial charge < -0.3 is 5.73 Å². The Hall–Kier alpha value is -1.86. The van der Waals surface area contributed by atoms with E-state index in [1.807, 2.05) is 0 Å². The second kappa shape index (κ2) is 7.06. The summed E-state index contributed by atoms with van der Waals surface area (Å²) in [7, 11) is 0. The molecule has 2 aromatic carbocycles. The van der Waals surface area contributed by atoms with Crippen molar-refractivity contribution in [2.45, 2.75) is 26.7 Å². The predicted molar refractivity (Wildman–Crippen MR) is 88.7 cm³/mol. The van der Waals surface area contributed by atoms with Crippen LogP contribution in [0.2, 0.25) is 0 Å². The second-order valence-corrected chi connectivity index (χ2v) is 5.39. The highest BCUT2D eigenvalue weighted by Gasteiger charge is 1.95. The molecule has 0 atom stereocenters. The van der Waals surface area contributed by atoms with Gasteiger partial charge in [0.2, 0.25) is 0 Å². The largest absolute Gasteiger partial charge is 0.330 e. The van der Waals surface area contributed by atoms with Crippen LogP contribution in [0.4, 0.5) is 0 Å². The molecule has 0 fully saturated rings. The fourth-order valence-corrected chi connectivity index (χ4v) is 2.46. The molecule has 20 heavy (non-hydrogen) atoms. The highest BCUT2D eigenvalue weighted by atomic mass is 14.5. The summed E-state index contributed by atoms with van der Waals surface area (Å²) in [6.07, 6.45) is 6.47. The van der Waals surface area contributed by atoms with Crippen LogP contribution in [0.25, 0.3) is 12.2 Å². The molecule has 0 spiro atoms. The van der Waals surface area contributed by atoms with Crippen LogP contribution in [0.1, 0.15) is 34.2 Å². The van der Waals surface area contributed by atoms with E-state index < -0.39 is 0 Å². The van der Waals surface area contributed by atoms with Crippen molar-refractivity contribution >= 4 is 12.2 Å². The third kappa shape index (κ3) is 4.36. The molecule has 104 valence electrons. The van der Waals surface area contributed by atoms with E-state index in [2.05, 4.69) is 68.5 Å². The van der Waals surface area contributed by atoms with Crippen LogP contribution < -0.4 is 5.73 Å². The van der Waals surface area contributed by atoms with Gasteiger partial charge in [0.15, 0.2) is 0 Å². The van der Waals surface area contributed by atoms with Crippen molar-refractivity contribution in [3.8, 4) is 0 Å². The van der Waals surface area contributed by atoms with Crippen LogP contribution in [0, 0.1) is 13.8 Å². The molecular formula is C19H23N. The Morgan fingerprint density at radius 2 is 1.60 bits per heavy atom. The van der Waals surface area contributed by atoms with Crippen LogP contribution >= 0.6 is 0 Å². The molecule has 0 aliphatic rings. The van der Waals surface area contributed by atoms with E-state index in [1.54, 1.807) is 0 Å². The summed E-state index contributed by atoms with van der Waals surface area (Å²) >= 11 is 0. The normalized spacial score (nSPS) is 11.2. The van der Waals surface area contributed by atoms with E-state index in [-0.39, 0.29) is 0 Å². The summed E-state index contributed by atoms with van der Waals surface area (Å²) in [4.78, 5) is 0. The van der Waals surface area contributed by atoms with Crippen LogP contribution in [0.15, 0.2) is 42.5 Å². The van der Waals surface area contributed by atoms with Gasteiger partial charge in [-0.05, 0) is 49.9 Å². The Labute approximate surface area is 122 Å². The summed E-state index contributed by atoms with van der Waals surface area (Å²) in [5.41, 5.74) is 12.0. The molecule has 2 N–H and O–H groups in total. The maximum absolute atomic E-state index is 5.56. The quantitative estimate of drug-likeness (QED) is 0.798. The van der Waals surface area contributed by atoms with Gasteiger partial charge >= 0.3 is 0 Å². The number of hydrogen-bond donors (Lipinski definition) is 1. The van der Waals surface area contributed by atoms with Gasteiger partial charge in [0.25, 0.3) is 0 Å². The summed E-state index contributed by atoms with van der Waals surface area (Å²) in [6.45, 7) is 5.03. The molecular weight excluding hydrogens is 242 g/mol. The lowest BCUT2D eigenvalue weighted by atomic mass is 10.0. The zero-order chi connectivity index (χ0) is 14.4. The summed E-state index contributed by atoms with van der Waals surface area (Å²) < 4.78 is 0. The number of aryl methyl sites for hydroxylation is 3. The van der Waals surface area contributed by atoms with Gasteiger partial charge in [-0.1, -0.05) is 65.7 Å². The van der Waals surface area contributed by atoms with E-state index in [9.17, 15) is 0 Å². The van der Waals surface area contributed by atoms with Gasteiger partial charge in [0.05, 0.1) is 0 Å². The molecule has 0 saturated carbocycles. The van der Waals surface area contributed by atoms with Gasteiger partial charge in [-0.25, -0.2) is 0 Å². The van der Waals surface area contributed by atoms with Crippen molar-refractivity contribution in [1.29, 1.82) is 0 Å². The average molecular weight is 265 g/mol. The molecule has 0 saturated heterocycles. The van der Waals surface area contributed by atoms with Crippen molar-refractivity contribution in [2.75, 3.05) is 6.54 Å². The van der Waals surface area contributed by atoms with Gasteiger partial charge in [0, 0.05) is 0 Å². The fourth-order valence-electron chi connectivity index (χ4n) is 2.46. The second-order valence-electron chi connectivity index (χ2n) is 5.39. The number of rotatable bonds is 5. The SMILES string of the molecule is Cc1cc(C)cc(/C=C/c2cccc(CCCN)c2)c1. The third-order valence-electron chi connectivity index (χ3n) is 3.33. The highest BCUT2D eigenvalue weighted by Crippen LogP contribution is 2.14. The molecule has 0 heterocycles. The first kappa shape index (κ1) is 14.5. The van der Waals surface area contributed by atoms with E-state index in [1.165, 1.54) is 27.8 Å². The average Bonchev–Trinajstić information content (AvgIpc) is 2.42. The lowest BCUT2D eigenvalue weighted by Gasteiger charge is -2.02.